The molecule has 0 saturated carbocycles. The van der Waals surface area contributed by atoms with E-state index >= 15 is 0 Å². The molecule has 0 unspecified atom stereocenters. The van der Waals surface area contributed by atoms with Crippen LogP contribution in [0.3, 0.4) is 0 Å². The molecule has 0 aromatic carbocycles. The summed E-state index contributed by atoms with van der Waals surface area (Å²) in [7, 11) is -23.5. The van der Waals surface area contributed by atoms with E-state index in [1.54, 1.807) is 0 Å². The molecule has 1 aliphatic rings. The monoisotopic (exact) mass is 593 g/mol. The van der Waals surface area contributed by atoms with Crippen molar-refractivity contribution < 1.29 is 117 Å². The third kappa shape index (κ3) is 10.1. The van der Waals surface area contributed by atoms with Crippen molar-refractivity contribution in [3.8, 4) is 0 Å². The van der Waals surface area contributed by atoms with E-state index in [1.165, 1.54) is 0 Å². The van der Waals surface area contributed by atoms with Crippen LogP contribution in [0.15, 0.2) is 0 Å². The Bertz CT molecular complexity index is 372. The van der Waals surface area contributed by atoms with Crippen LogP contribution in [-0.4, -0.2) is 0 Å². The average molecular weight is 595 g/mol. The molecule has 125 valence electrons. The summed E-state index contributed by atoms with van der Waals surface area (Å²) in [5.41, 5.74) is 0. The van der Waals surface area contributed by atoms with Gasteiger partial charge in [0.1, 0.15) is 0 Å². The second-order valence-electron chi connectivity index (χ2n) is 2.12. The van der Waals surface area contributed by atoms with Crippen molar-refractivity contribution in [3.05, 3.63) is 0 Å². The smallest absolute Gasteiger partial charge is 0.756 e. The molecule has 1 heterocycles. The molecule has 0 aromatic heterocycles. The first kappa shape index (κ1) is 26.5. The van der Waals surface area contributed by atoms with Crippen LogP contribution < -0.4 is 19.6 Å². The molecule has 1 aliphatic heterocycles. The van der Waals surface area contributed by atoms with Gasteiger partial charge in [-0.15, -0.1) is 0 Å². The molecule has 1 rings (SSSR count). The molecule has 0 bridgehead atoms. The maximum Gasteiger partial charge on any atom is 2.00 e. The van der Waals surface area contributed by atoms with Gasteiger partial charge in [-0.05, 0) is 0 Å². The summed E-state index contributed by atoms with van der Waals surface area (Å²) < 4.78 is 54.5. The van der Waals surface area contributed by atoms with Gasteiger partial charge in [-0.3, -0.25) is 18.3 Å². The van der Waals surface area contributed by atoms with Crippen molar-refractivity contribution in [3.63, 3.8) is 0 Å². The molecule has 0 atom stereocenters. The largest absolute Gasteiger partial charge is 2.00 e. The van der Waals surface area contributed by atoms with E-state index in [1.807, 2.05) is 0 Å². The van der Waals surface area contributed by atoms with Crippen LogP contribution in [0.4, 0.5) is 0 Å². The van der Waals surface area contributed by atoms with E-state index in [0.717, 1.165) is 0 Å². The maximum atomic E-state index is 10.6. The van der Waals surface area contributed by atoms with Crippen molar-refractivity contribution >= 4 is 31.3 Å². The molecule has 0 N–H and O–H groups in total. The minimum absolute atomic E-state index is 0. The molecule has 19 heavy (non-hydrogen) atoms. The summed E-state index contributed by atoms with van der Waals surface area (Å²) in [6.07, 6.45) is 0. The molecule has 1 radical (unpaired) electrons. The van der Waals surface area contributed by atoms with Gasteiger partial charge < -0.3 is 19.6 Å². The molecule has 19 heteroatoms. The fourth-order valence-corrected chi connectivity index (χ4v) is 6.02. The number of phosphoric acid groups is 4. The van der Waals surface area contributed by atoms with Crippen LogP contribution in [0, 0.1) is 0 Å². The summed E-state index contributed by atoms with van der Waals surface area (Å²) in [5, 5.41) is 0. The first-order valence-corrected chi connectivity index (χ1v) is 8.76. The van der Waals surface area contributed by atoms with Crippen molar-refractivity contribution in [2.24, 2.45) is 0 Å². The Morgan fingerprint density at radius 3 is 0.737 bits per heavy atom. The van der Waals surface area contributed by atoms with Crippen LogP contribution in [0.25, 0.3) is 0 Å². The van der Waals surface area contributed by atoms with E-state index in [2.05, 4.69) is 17.2 Å². The molecule has 0 aromatic rings. The SMILES string of the molecule is O=P1([O-])OP(=O)([O-])OP(=O)([O-])OP(=O)([O-])O1.[Ag+].[Ag+].[Cu+2]. The van der Waals surface area contributed by atoms with Crippen molar-refractivity contribution in [2.75, 3.05) is 0 Å². The quantitative estimate of drug-likeness (QED) is 0.220. The summed E-state index contributed by atoms with van der Waals surface area (Å²) in [6.45, 7) is 0. The zero-order chi connectivity index (χ0) is 12.8. The Morgan fingerprint density at radius 2 is 0.632 bits per heavy atom. The Morgan fingerprint density at radius 1 is 0.526 bits per heavy atom. The number of hydrogen-bond acceptors (Lipinski definition) is 12. The van der Waals surface area contributed by atoms with Crippen LogP contribution in [0.2, 0.25) is 0 Å². The molecule has 1 saturated heterocycles. The molecule has 1 fully saturated rings. The minimum Gasteiger partial charge on any atom is -0.756 e. The second kappa shape index (κ2) is 8.45. The van der Waals surface area contributed by atoms with Crippen molar-refractivity contribution in [1.29, 1.82) is 0 Å². The first-order valence-electron chi connectivity index (χ1n) is 2.92. The van der Waals surface area contributed by atoms with Gasteiger partial charge in [0.05, 0.1) is 0 Å². The summed E-state index contributed by atoms with van der Waals surface area (Å²) in [6, 6.07) is 0. The topological polar surface area (TPSA) is 197 Å². The third-order valence-electron chi connectivity index (χ3n) is 0.800. The normalized spacial score (nSPS) is 46.5. The van der Waals surface area contributed by atoms with Gasteiger partial charge in [0.25, 0.3) is 31.3 Å². The molecule has 12 nitrogen and oxygen atoms in total. The zero-order valence-corrected chi connectivity index (χ0v) is 15.1. The van der Waals surface area contributed by atoms with Crippen molar-refractivity contribution in [1.82, 2.24) is 0 Å². The van der Waals surface area contributed by atoms with Crippen LogP contribution in [-0.2, 0) is 97.3 Å². The number of hydrogen-bond donors (Lipinski definition) is 0. The van der Waals surface area contributed by atoms with E-state index < -0.39 is 31.3 Å². The predicted molar refractivity (Wildman–Crippen MR) is 34.8 cm³/mol. The summed E-state index contributed by atoms with van der Waals surface area (Å²) in [5.74, 6) is 0. The predicted octanol–water partition coefficient (Wildman–Crippen LogP) is -2.07. The Balaban J connectivity index is -0.000000853. The fourth-order valence-electron chi connectivity index (χ4n) is 0.550. The molecular weight excluding hydrogens is 595 g/mol. The van der Waals surface area contributed by atoms with E-state index in [4.69, 9.17) is 0 Å². The summed E-state index contributed by atoms with van der Waals surface area (Å²) in [4.78, 5) is 42.2. The van der Waals surface area contributed by atoms with Crippen LogP contribution in [0.5, 0.6) is 0 Å². The van der Waals surface area contributed by atoms with Crippen LogP contribution >= 0.6 is 31.3 Å². The zero-order valence-electron chi connectivity index (χ0n) is 7.59. The van der Waals surface area contributed by atoms with Gasteiger partial charge in [-0.2, -0.15) is 0 Å². The molecular formula is Ag2CuO12P4. The summed E-state index contributed by atoms with van der Waals surface area (Å²) >= 11 is 0. The van der Waals surface area contributed by atoms with E-state index in [0.29, 0.717) is 0 Å². The van der Waals surface area contributed by atoms with Gasteiger partial charge in [-0.1, -0.05) is 0 Å². The second-order valence-corrected chi connectivity index (χ2v) is 8.31. The Hall–Kier alpha value is 2.60. The standard InChI is InChI=1S/2Ag.Cu.H4O12P4/c;;;1-13(2)9-14(3,4)11-16(7,8)12-15(5,6)10-13/h;;;(H,1,2)(H,3,4)(H,5,6)(H,7,8)/q2*+1;+2;/p-4. The molecule has 0 aliphatic carbocycles. The Labute approximate surface area is 147 Å². The average Bonchev–Trinajstić information content (AvgIpc) is 1.67. The van der Waals surface area contributed by atoms with Gasteiger partial charge in [0, 0.05) is 0 Å². The fraction of sp³-hybridized carbons (Fsp3) is 0. The van der Waals surface area contributed by atoms with Crippen LogP contribution in [0.1, 0.15) is 0 Å². The molecule has 0 spiro atoms. The molecule has 0 amide bonds. The third-order valence-corrected chi connectivity index (χ3v) is 7.20. The Kier molecular flexibility index (Phi) is 11.8. The van der Waals surface area contributed by atoms with Gasteiger partial charge in [0.15, 0.2) is 0 Å². The minimum atomic E-state index is -5.87. The van der Waals surface area contributed by atoms with E-state index in [9.17, 15) is 37.8 Å². The van der Waals surface area contributed by atoms with Crippen molar-refractivity contribution in [2.45, 2.75) is 0 Å². The van der Waals surface area contributed by atoms with Gasteiger partial charge in [0.2, 0.25) is 0 Å². The van der Waals surface area contributed by atoms with Gasteiger partial charge >= 0.3 is 61.8 Å². The maximum absolute atomic E-state index is 10.6. The number of rotatable bonds is 0. The van der Waals surface area contributed by atoms with E-state index in [-0.39, 0.29) is 61.8 Å². The van der Waals surface area contributed by atoms with Gasteiger partial charge in [-0.25, -0.2) is 17.2 Å². The first-order chi connectivity index (χ1) is 6.83.